The van der Waals surface area contributed by atoms with Gasteiger partial charge in [-0.1, -0.05) is 23.2 Å². The van der Waals surface area contributed by atoms with Gasteiger partial charge in [-0.25, -0.2) is 4.79 Å². The van der Waals surface area contributed by atoms with Crippen LogP contribution in [0.15, 0.2) is 24.3 Å². The van der Waals surface area contributed by atoms with Crippen molar-refractivity contribution in [2.45, 2.75) is 13.8 Å². The van der Waals surface area contributed by atoms with E-state index in [4.69, 9.17) is 33.7 Å². The van der Waals surface area contributed by atoms with Crippen LogP contribution >= 0.6 is 23.2 Å². The third-order valence-corrected chi connectivity index (χ3v) is 3.42. The molecule has 0 unspecified atom stereocenters. The molecule has 0 aliphatic carbocycles. The number of carboxylic acid groups (broad SMARTS) is 1. The maximum atomic E-state index is 11.3. The fourth-order valence-corrected chi connectivity index (χ4v) is 2.63. The summed E-state index contributed by atoms with van der Waals surface area (Å²) in [6.07, 6.45) is 0. The maximum Gasteiger partial charge on any atom is 0.339 e. The van der Waals surface area contributed by atoms with Crippen LogP contribution in [0.1, 0.15) is 21.5 Å². The van der Waals surface area contributed by atoms with E-state index < -0.39 is 5.97 Å². The second-order valence-electron chi connectivity index (χ2n) is 4.66. The van der Waals surface area contributed by atoms with E-state index in [1.54, 1.807) is 12.1 Å². The summed E-state index contributed by atoms with van der Waals surface area (Å²) in [5, 5.41) is 9.98. The molecule has 0 saturated heterocycles. The van der Waals surface area contributed by atoms with Gasteiger partial charge in [-0.3, -0.25) is 0 Å². The highest BCUT2D eigenvalue weighted by Gasteiger charge is 2.19. The monoisotopic (exact) mass is 325 g/mol. The van der Waals surface area contributed by atoms with Crippen LogP contribution in [0.5, 0.6) is 11.5 Å². The fourth-order valence-electron chi connectivity index (χ4n) is 2.04. The van der Waals surface area contributed by atoms with Gasteiger partial charge in [0.2, 0.25) is 0 Å². The van der Waals surface area contributed by atoms with Crippen LogP contribution in [0.2, 0.25) is 10.0 Å². The molecule has 21 heavy (non-hydrogen) atoms. The molecule has 0 spiro atoms. The second kappa shape index (κ2) is 5.84. The minimum atomic E-state index is -1.16. The first-order valence-electron chi connectivity index (χ1n) is 6.06. The van der Waals surface area contributed by atoms with Crippen LogP contribution in [-0.4, -0.2) is 11.1 Å². The van der Waals surface area contributed by atoms with Crippen molar-refractivity contribution in [2.24, 2.45) is 0 Å². The van der Waals surface area contributed by atoms with Crippen molar-refractivity contribution in [1.29, 1.82) is 0 Å². The number of nitrogen functional groups attached to an aromatic ring is 1. The van der Waals surface area contributed by atoms with E-state index >= 15 is 0 Å². The molecule has 4 nitrogen and oxygen atoms in total. The molecule has 3 N–H and O–H groups in total. The molecule has 0 heterocycles. The average molecular weight is 326 g/mol. The van der Waals surface area contributed by atoms with Crippen molar-refractivity contribution >= 4 is 34.9 Å². The van der Waals surface area contributed by atoms with E-state index in [-0.39, 0.29) is 22.0 Å². The summed E-state index contributed by atoms with van der Waals surface area (Å²) in [5.41, 5.74) is 7.35. The van der Waals surface area contributed by atoms with Crippen molar-refractivity contribution in [2.75, 3.05) is 5.73 Å². The number of anilines is 1. The molecule has 0 radical (unpaired) electrons. The summed E-state index contributed by atoms with van der Waals surface area (Å²) >= 11 is 12.0. The number of hydrogen-bond donors (Lipinski definition) is 2. The minimum Gasteiger partial charge on any atom is -0.478 e. The average Bonchev–Trinajstić information content (AvgIpc) is 2.34. The lowest BCUT2D eigenvalue weighted by Crippen LogP contribution is -2.03. The van der Waals surface area contributed by atoms with Gasteiger partial charge in [-0.15, -0.1) is 0 Å². The Morgan fingerprint density at radius 3 is 2.19 bits per heavy atom. The first-order chi connectivity index (χ1) is 9.79. The molecular formula is C15H13Cl2NO3. The van der Waals surface area contributed by atoms with Crippen LogP contribution in [0, 0.1) is 13.8 Å². The quantitative estimate of drug-likeness (QED) is 0.803. The van der Waals surface area contributed by atoms with Crippen LogP contribution < -0.4 is 10.5 Å². The van der Waals surface area contributed by atoms with E-state index in [2.05, 4.69) is 0 Å². The number of aromatic carboxylic acids is 1. The van der Waals surface area contributed by atoms with Gasteiger partial charge in [-0.05, 0) is 49.2 Å². The Hall–Kier alpha value is -1.91. The van der Waals surface area contributed by atoms with E-state index in [1.165, 1.54) is 12.1 Å². The number of nitrogens with two attached hydrogens (primary N) is 1. The molecule has 0 aromatic heterocycles. The molecule has 0 bridgehead atoms. The Bertz CT molecular complexity index is 706. The molecule has 0 aliphatic heterocycles. The number of aryl methyl sites for hydroxylation is 2. The van der Waals surface area contributed by atoms with Crippen LogP contribution in [-0.2, 0) is 0 Å². The zero-order valence-electron chi connectivity index (χ0n) is 11.4. The molecular weight excluding hydrogens is 313 g/mol. The molecule has 110 valence electrons. The van der Waals surface area contributed by atoms with E-state index in [9.17, 15) is 9.90 Å². The van der Waals surface area contributed by atoms with Gasteiger partial charge in [0, 0.05) is 10.7 Å². The minimum absolute atomic E-state index is 0.0619. The number of halogens is 2. The first kappa shape index (κ1) is 15.5. The normalized spacial score (nSPS) is 10.5. The van der Waals surface area contributed by atoms with Crippen LogP contribution in [0.3, 0.4) is 0 Å². The highest BCUT2D eigenvalue weighted by atomic mass is 35.5. The summed E-state index contributed by atoms with van der Waals surface area (Å²) in [6, 6.07) is 6.22. The highest BCUT2D eigenvalue weighted by Crippen LogP contribution is 2.38. The summed E-state index contributed by atoms with van der Waals surface area (Å²) < 4.78 is 5.75. The van der Waals surface area contributed by atoms with Crippen molar-refractivity contribution in [3.63, 3.8) is 0 Å². The zero-order chi connectivity index (χ0) is 15.7. The Morgan fingerprint density at radius 2 is 1.67 bits per heavy atom. The zero-order valence-corrected chi connectivity index (χ0v) is 12.9. The number of carboxylic acids is 1. The Balaban J connectivity index is 2.57. The van der Waals surface area contributed by atoms with Gasteiger partial charge in [0.1, 0.15) is 11.3 Å². The van der Waals surface area contributed by atoms with Crippen molar-refractivity contribution in [3.05, 3.63) is 51.0 Å². The Morgan fingerprint density at radius 1 is 1.10 bits per heavy atom. The summed E-state index contributed by atoms with van der Waals surface area (Å²) in [5.74, 6) is -0.580. The highest BCUT2D eigenvalue weighted by molar-refractivity contribution is 6.33. The summed E-state index contributed by atoms with van der Waals surface area (Å²) in [7, 11) is 0. The van der Waals surface area contributed by atoms with Gasteiger partial charge < -0.3 is 15.6 Å². The molecule has 6 heteroatoms. The van der Waals surface area contributed by atoms with Gasteiger partial charge >= 0.3 is 5.97 Å². The molecule has 0 aliphatic rings. The second-order valence-corrected chi connectivity index (χ2v) is 5.50. The Labute approximate surface area is 132 Å². The third kappa shape index (κ3) is 3.23. The molecule has 2 rings (SSSR count). The standard InChI is InChI=1S/C15H13Cl2NO3/c1-7-3-9(16)4-8(2)13(7)21-14-11(15(19)20)5-10(18)6-12(14)17/h3-6H,18H2,1-2H3,(H,19,20). The predicted octanol–water partition coefficient (Wildman–Crippen LogP) is 4.68. The number of rotatable bonds is 3. The predicted molar refractivity (Wildman–Crippen MR) is 83.8 cm³/mol. The number of ether oxygens (including phenoxy) is 1. The lowest BCUT2D eigenvalue weighted by atomic mass is 10.1. The van der Waals surface area contributed by atoms with E-state index in [1.807, 2.05) is 13.8 Å². The fraction of sp³-hybridized carbons (Fsp3) is 0.133. The van der Waals surface area contributed by atoms with Crippen LogP contribution in [0.25, 0.3) is 0 Å². The maximum absolute atomic E-state index is 11.3. The lowest BCUT2D eigenvalue weighted by molar-refractivity contribution is 0.0694. The number of hydrogen-bond acceptors (Lipinski definition) is 3. The van der Waals surface area contributed by atoms with E-state index in [0.717, 1.165) is 11.1 Å². The lowest BCUT2D eigenvalue weighted by Gasteiger charge is -2.15. The van der Waals surface area contributed by atoms with E-state index in [0.29, 0.717) is 10.8 Å². The van der Waals surface area contributed by atoms with Gasteiger partial charge in [0.25, 0.3) is 0 Å². The third-order valence-electron chi connectivity index (χ3n) is 2.93. The molecule has 0 fully saturated rings. The van der Waals surface area contributed by atoms with Crippen molar-refractivity contribution in [1.82, 2.24) is 0 Å². The number of carbonyl (C=O) groups is 1. The first-order valence-corrected chi connectivity index (χ1v) is 6.82. The molecule has 0 amide bonds. The summed E-state index contributed by atoms with van der Waals surface area (Å²) in [6.45, 7) is 3.64. The van der Waals surface area contributed by atoms with Gasteiger partial charge in [0.15, 0.2) is 5.75 Å². The van der Waals surface area contributed by atoms with Gasteiger partial charge in [0.05, 0.1) is 5.02 Å². The largest absolute Gasteiger partial charge is 0.478 e. The van der Waals surface area contributed by atoms with Crippen molar-refractivity contribution < 1.29 is 14.6 Å². The van der Waals surface area contributed by atoms with Gasteiger partial charge in [-0.2, -0.15) is 0 Å². The SMILES string of the molecule is Cc1cc(Cl)cc(C)c1Oc1c(Cl)cc(N)cc1C(=O)O. The van der Waals surface area contributed by atoms with Crippen molar-refractivity contribution in [3.8, 4) is 11.5 Å². The Kier molecular flexibility index (Phi) is 4.30. The topological polar surface area (TPSA) is 72.5 Å². The van der Waals surface area contributed by atoms with Crippen LogP contribution in [0.4, 0.5) is 5.69 Å². The molecule has 2 aromatic rings. The molecule has 0 atom stereocenters. The molecule has 2 aromatic carbocycles. The number of benzene rings is 2. The summed E-state index contributed by atoms with van der Waals surface area (Å²) in [4.78, 5) is 11.3. The molecule has 0 saturated carbocycles. The smallest absolute Gasteiger partial charge is 0.339 e.